The zero-order valence-corrected chi connectivity index (χ0v) is 15.3. The molecule has 0 saturated carbocycles. The maximum Gasteiger partial charge on any atom is 0.337 e. The van der Waals surface area contributed by atoms with Gasteiger partial charge in [-0.2, -0.15) is 5.10 Å². The fraction of sp³-hybridized carbons (Fsp3) is 0.0909. The Bertz CT molecular complexity index is 949. The summed E-state index contributed by atoms with van der Waals surface area (Å²) in [5.74, 6) is -0.995. The van der Waals surface area contributed by atoms with Gasteiger partial charge >= 0.3 is 5.97 Å². The fourth-order valence-corrected chi connectivity index (χ4v) is 2.69. The minimum atomic E-state index is -0.995. The molecule has 0 aliphatic rings. The van der Waals surface area contributed by atoms with Crippen LogP contribution < -0.4 is 10.3 Å². The number of nitrogens with zero attached hydrogens (tertiary/aromatic N) is 2. The number of para-hydroxylation sites is 1. The fourth-order valence-electron chi connectivity index (χ4n) is 2.69. The molecule has 0 fully saturated rings. The molecule has 0 unspecified atom stereocenters. The zero-order valence-electron chi connectivity index (χ0n) is 15.3. The van der Waals surface area contributed by atoms with Crippen LogP contribution in [0.2, 0.25) is 0 Å². The van der Waals surface area contributed by atoms with Gasteiger partial charge in [0.05, 0.1) is 17.0 Å². The highest BCUT2D eigenvalue weighted by molar-refractivity contribution is 6.13. The quantitative estimate of drug-likeness (QED) is 0.508. The molecule has 27 heavy (non-hydrogen) atoms. The lowest BCUT2D eigenvalue weighted by atomic mass is 10.0. The molecule has 0 saturated heterocycles. The standard InChI is InChI=1S/C22H21N3O2/c1-25(2)18-14-12-17(13-15-18)21(16-8-4-3-5-9-16)24-23-20-11-7-6-10-19(20)22(26)27/h3-15,23H,1-2H3,(H,26,27)/b24-21-. The van der Waals surface area contributed by atoms with Crippen LogP contribution in [-0.4, -0.2) is 30.9 Å². The van der Waals surface area contributed by atoms with Crippen LogP contribution in [0.15, 0.2) is 84.0 Å². The van der Waals surface area contributed by atoms with Gasteiger partial charge in [-0.15, -0.1) is 0 Å². The van der Waals surface area contributed by atoms with Crippen molar-refractivity contribution in [3.63, 3.8) is 0 Å². The Morgan fingerprint density at radius 3 is 2.07 bits per heavy atom. The van der Waals surface area contributed by atoms with E-state index in [4.69, 9.17) is 0 Å². The van der Waals surface area contributed by atoms with Crippen LogP contribution in [0, 0.1) is 0 Å². The van der Waals surface area contributed by atoms with E-state index >= 15 is 0 Å². The van der Waals surface area contributed by atoms with Crippen LogP contribution in [0.25, 0.3) is 0 Å². The number of hydrazone groups is 1. The van der Waals surface area contributed by atoms with Crippen molar-refractivity contribution in [2.75, 3.05) is 24.4 Å². The molecule has 136 valence electrons. The van der Waals surface area contributed by atoms with Gasteiger partial charge in [0.15, 0.2) is 0 Å². The van der Waals surface area contributed by atoms with Crippen molar-refractivity contribution in [3.05, 3.63) is 95.6 Å². The summed E-state index contributed by atoms with van der Waals surface area (Å²) in [5, 5.41) is 13.9. The van der Waals surface area contributed by atoms with Crippen LogP contribution in [0.5, 0.6) is 0 Å². The van der Waals surface area contributed by atoms with E-state index in [0.29, 0.717) is 5.69 Å². The molecule has 0 aromatic heterocycles. The number of hydrogen-bond donors (Lipinski definition) is 2. The SMILES string of the molecule is CN(C)c1ccc(/C(=N\Nc2ccccc2C(=O)O)c2ccccc2)cc1. The molecular weight excluding hydrogens is 338 g/mol. The predicted molar refractivity (Wildman–Crippen MR) is 110 cm³/mol. The lowest BCUT2D eigenvalue weighted by Crippen LogP contribution is -2.10. The van der Waals surface area contributed by atoms with E-state index in [0.717, 1.165) is 22.5 Å². The average molecular weight is 359 g/mol. The van der Waals surface area contributed by atoms with Crippen molar-refractivity contribution < 1.29 is 9.90 Å². The number of carboxylic acids is 1. The molecule has 2 N–H and O–H groups in total. The van der Waals surface area contributed by atoms with Gasteiger partial charge in [-0.1, -0.05) is 54.6 Å². The van der Waals surface area contributed by atoms with E-state index in [1.165, 1.54) is 0 Å². The van der Waals surface area contributed by atoms with Crippen LogP contribution in [0.1, 0.15) is 21.5 Å². The van der Waals surface area contributed by atoms with Gasteiger partial charge in [-0.3, -0.25) is 5.43 Å². The van der Waals surface area contributed by atoms with E-state index in [1.54, 1.807) is 24.3 Å². The Morgan fingerprint density at radius 1 is 0.852 bits per heavy atom. The lowest BCUT2D eigenvalue weighted by molar-refractivity contribution is 0.0698. The van der Waals surface area contributed by atoms with E-state index < -0.39 is 5.97 Å². The Kier molecular flexibility index (Phi) is 5.52. The molecule has 0 aliphatic carbocycles. The summed E-state index contributed by atoms with van der Waals surface area (Å²) >= 11 is 0. The first-order valence-corrected chi connectivity index (χ1v) is 8.55. The van der Waals surface area contributed by atoms with Gasteiger partial charge in [-0.25, -0.2) is 4.79 Å². The number of benzene rings is 3. The van der Waals surface area contributed by atoms with Crippen molar-refractivity contribution in [1.29, 1.82) is 0 Å². The molecule has 0 atom stereocenters. The third kappa shape index (κ3) is 4.33. The molecule has 0 spiro atoms. The van der Waals surface area contributed by atoms with E-state index in [-0.39, 0.29) is 5.56 Å². The van der Waals surface area contributed by atoms with Crippen LogP contribution in [0.3, 0.4) is 0 Å². The summed E-state index contributed by atoms with van der Waals surface area (Å²) in [6.45, 7) is 0. The van der Waals surface area contributed by atoms with Crippen LogP contribution in [-0.2, 0) is 0 Å². The first-order chi connectivity index (χ1) is 13.1. The monoisotopic (exact) mass is 359 g/mol. The Morgan fingerprint density at radius 2 is 1.44 bits per heavy atom. The molecule has 3 aromatic carbocycles. The summed E-state index contributed by atoms with van der Waals surface area (Å²) in [5.41, 5.74) is 7.26. The maximum absolute atomic E-state index is 11.4. The van der Waals surface area contributed by atoms with Gasteiger partial charge in [-0.05, 0) is 24.3 Å². The number of anilines is 2. The first kappa shape index (κ1) is 18.2. The zero-order chi connectivity index (χ0) is 19.2. The predicted octanol–water partition coefficient (Wildman–Crippen LogP) is 4.32. The lowest BCUT2D eigenvalue weighted by Gasteiger charge is -2.14. The third-order valence-electron chi connectivity index (χ3n) is 4.15. The second-order valence-corrected chi connectivity index (χ2v) is 6.23. The summed E-state index contributed by atoms with van der Waals surface area (Å²) in [7, 11) is 3.98. The average Bonchev–Trinajstić information content (AvgIpc) is 2.69. The molecule has 0 aliphatic heterocycles. The second-order valence-electron chi connectivity index (χ2n) is 6.23. The summed E-state index contributed by atoms with van der Waals surface area (Å²) < 4.78 is 0. The molecule has 5 nitrogen and oxygen atoms in total. The van der Waals surface area contributed by atoms with Gasteiger partial charge < -0.3 is 10.0 Å². The molecule has 3 aromatic rings. The number of carbonyl (C=O) groups is 1. The van der Waals surface area contributed by atoms with Gasteiger partial charge in [0.1, 0.15) is 0 Å². The summed E-state index contributed by atoms with van der Waals surface area (Å²) in [6, 6.07) is 24.6. The van der Waals surface area contributed by atoms with Crippen molar-refractivity contribution in [1.82, 2.24) is 0 Å². The summed E-state index contributed by atoms with van der Waals surface area (Å²) in [6.07, 6.45) is 0. The minimum Gasteiger partial charge on any atom is -0.478 e. The van der Waals surface area contributed by atoms with Crippen molar-refractivity contribution in [2.24, 2.45) is 5.10 Å². The first-order valence-electron chi connectivity index (χ1n) is 8.55. The third-order valence-corrected chi connectivity index (χ3v) is 4.15. The highest BCUT2D eigenvalue weighted by atomic mass is 16.4. The normalized spacial score (nSPS) is 11.1. The van der Waals surface area contributed by atoms with Gasteiger partial charge in [0, 0.05) is 30.9 Å². The topological polar surface area (TPSA) is 64.9 Å². The van der Waals surface area contributed by atoms with Crippen molar-refractivity contribution in [2.45, 2.75) is 0 Å². The Balaban J connectivity index is 2.01. The number of aromatic carboxylic acids is 1. The van der Waals surface area contributed by atoms with E-state index in [2.05, 4.69) is 10.5 Å². The molecule has 0 radical (unpaired) electrons. The number of rotatable bonds is 6. The number of hydrogen-bond acceptors (Lipinski definition) is 4. The molecule has 0 amide bonds. The minimum absolute atomic E-state index is 0.177. The van der Waals surface area contributed by atoms with Crippen molar-refractivity contribution >= 4 is 23.1 Å². The highest BCUT2D eigenvalue weighted by Crippen LogP contribution is 2.19. The molecule has 5 heteroatoms. The molecular formula is C22H21N3O2. The molecule has 0 heterocycles. The van der Waals surface area contributed by atoms with Crippen molar-refractivity contribution in [3.8, 4) is 0 Å². The number of nitrogens with one attached hydrogen (secondary N) is 1. The van der Waals surface area contributed by atoms with Gasteiger partial charge in [0.25, 0.3) is 0 Å². The summed E-state index contributed by atoms with van der Waals surface area (Å²) in [4.78, 5) is 13.4. The molecule has 3 rings (SSSR count). The Labute approximate surface area is 158 Å². The van der Waals surface area contributed by atoms with E-state index in [1.807, 2.05) is 73.6 Å². The Hall–Kier alpha value is -3.60. The second kappa shape index (κ2) is 8.19. The largest absolute Gasteiger partial charge is 0.478 e. The smallest absolute Gasteiger partial charge is 0.337 e. The van der Waals surface area contributed by atoms with Crippen LogP contribution >= 0.6 is 0 Å². The van der Waals surface area contributed by atoms with E-state index in [9.17, 15) is 9.90 Å². The number of carboxylic acid groups (broad SMARTS) is 1. The van der Waals surface area contributed by atoms with Gasteiger partial charge in [0.2, 0.25) is 0 Å². The molecule has 0 bridgehead atoms. The maximum atomic E-state index is 11.4. The highest BCUT2D eigenvalue weighted by Gasteiger charge is 2.11. The van der Waals surface area contributed by atoms with Crippen LogP contribution in [0.4, 0.5) is 11.4 Å².